The van der Waals surface area contributed by atoms with Gasteiger partial charge in [0, 0.05) is 39.8 Å². The number of amides is 2. The molecule has 2 aromatic rings. The first-order valence-corrected chi connectivity index (χ1v) is 9.45. The maximum absolute atomic E-state index is 12.7. The SMILES string of the molecule is Cc1cc(C(=O)N2CCC(Cc3ccc(C(=O)N(C)C)cc3)CC2)n(C)n1. The van der Waals surface area contributed by atoms with E-state index in [9.17, 15) is 9.59 Å². The monoisotopic (exact) mass is 368 g/mol. The summed E-state index contributed by atoms with van der Waals surface area (Å²) in [5.74, 6) is 0.666. The zero-order valence-electron chi connectivity index (χ0n) is 16.6. The first-order chi connectivity index (χ1) is 12.8. The molecule has 6 nitrogen and oxygen atoms in total. The lowest BCUT2D eigenvalue weighted by atomic mass is 9.89. The van der Waals surface area contributed by atoms with Crippen molar-refractivity contribution in [1.82, 2.24) is 19.6 Å². The number of likely N-dealkylation sites (tertiary alicyclic amines) is 1. The number of hydrogen-bond donors (Lipinski definition) is 0. The molecule has 0 radical (unpaired) electrons. The predicted octanol–water partition coefficient (Wildman–Crippen LogP) is 2.53. The normalized spacial score (nSPS) is 15.0. The van der Waals surface area contributed by atoms with Gasteiger partial charge >= 0.3 is 0 Å². The summed E-state index contributed by atoms with van der Waals surface area (Å²) in [6.07, 6.45) is 2.99. The molecule has 0 atom stereocenters. The first-order valence-electron chi connectivity index (χ1n) is 9.45. The van der Waals surface area contributed by atoms with Crippen molar-refractivity contribution < 1.29 is 9.59 Å². The third kappa shape index (κ3) is 4.38. The molecule has 3 rings (SSSR count). The number of hydrogen-bond acceptors (Lipinski definition) is 3. The van der Waals surface area contributed by atoms with Crippen LogP contribution >= 0.6 is 0 Å². The van der Waals surface area contributed by atoms with E-state index in [1.54, 1.807) is 23.7 Å². The molecule has 1 aliphatic rings. The van der Waals surface area contributed by atoms with E-state index in [2.05, 4.69) is 5.10 Å². The van der Waals surface area contributed by atoms with Crippen LogP contribution in [0.4, 0.5) is 0 Å². The number of piperidine rings is 1. The predicted molar refractivity (Wildman–Crippen MR) is 105 cm³/mol. The number of aromatic nitrogens is 2. The maximum atomic E-state index is 12.7. The summed E-state index contributed by atoms with van der Waals surface area (Å²) in [6, 6.07) is 9.76. The van der Waals surface area contributed by atoms with Crippen LogP contribution in [-0.4, -0.2) is 58.6 Å². The second kappa shape index (κ2) is 7.94. The highest BCUT2D eigenvalue weighted by Crippen LogP contribution is 2.23. The molecular formula is C21H28N4O2. The van der Waals surface area contributed by atoms with Crippen molar-refractivity contribution in [3.05, 3.63) is 52.8 Å². The molecule has 0 spiro atoms. The molecule has 1 aliphatic heterocycles. The van der Waals surface area contributed by atoms with Gasteiger partial charge < -0.3 is 9.80 Å². The Balaban J connectivity index is 1.54. The highest BCUT2D eigenvalue weighted by Gasteiger charge is 2.25. The molecular weight excluding hydrogens is 340 g/mol. The summed E-state index contributed by atoms with van der Waals surface area (Å²) in [6.45, 7) is 3.47. The number of rotatable bonds is 4. The number of nitrogens with zero attached hydrogens (tertiary/aromatic N) is 4. The van der Waals surface area contributed by atoms with E-state index < -0.39 is 0 Å². The molecule has 1 aromatic carbocycles. The van der Waals surface area contributed by atoms with Crippen molar-refractivity contribution in [2.24, 2.45) is 13.0 Å². The zero-order valence-corrected chi connectivity index (χ0v) is 16.6. The van der Waals surface area contributed by atoms with Crippen LogP contribution in [0.1, 0.15) is 44.9 Å². The molecule has 0 N–H and O–H groups in total. The van der Waals surface area contributed by atoms with Crippen molar-refractivity contribution in [2.45, 2.75) is 26.2 Å². The van der Waals surface area contributed by atoms with Gasteiger partial charge in [-0.3, -0.25) is 14.3 Å². The Hall–Kier alpha value is -2.63. The van der Waals surface area contributed by atoms with Crippen molar-refractivity contribution in [2.75, 3.05) is 27.2 Å². The van der Waals surface area contributed by atoms with Crippen LogP contribution in [0, 0.1) is 12.8 Å². The fourth-order valence-electron chi connectivity index (χ4n) is 3.69. The molecule has 1 aromatic heterocycles. The molecule has 0 bridgehead atoms. The van der Waals surface area contributed by atoms with Crippen LogP contribution in [0.25, 0.3) is 0 Å². The quantitative estimate of drug-likeness (QED) is 0.833. The Morgan fingerprint density at radius 1 is 1.15 bits per heavy atom. The van der Waals surface area contributed by atoms with E-state index in [1.165, 1.54) is 5.56 Å². The molecule has 27 heavy (non-hydrogen) atoms. The summed E-state index contributed by atoms with van der Waals surface area (Å²) in [5.41, 5.74) is 3.49. The van der Waals surface area contributed by atoms with Gasteiger partial charge in [0.1, 0.15) is 5.69 Å². The topological polar surface area (TPSA) is 58.4 Å². The van der Waals surface area contributed by atoms with E-state index >= 15 is 0 Å². The number of carbonyl (C=O) groups excluding carboxylic acids is 2. The molecule has 0 saturated carbocycles. The average molecular weight is 368 g/mol. The van der Waals surface area contributed by atoms with Gasteiger partial charge in [-0.15, -0.1) is 0 Å². The largest absolute Gasteiger partial charge is 0.345 e. The van der Waals surface area contributed by atoms with Crippen LogP contribution in [-0.2, 0) is 13.5 Å². The summed E-state index contributed by atoms with van der Waals surface area (Å²) in [7, 11) is 5.34. The van der Waals surface area contributed by atoms with Crippen LogP contribution in [0.3, 0.4) is 0 Å². The molecule has 2 heterocycles. The third-order valence-corrected chi connectivity index (χ3v) is 5.25. The third-order valence-electron chi connectivity index (χ3n) is 5.25. The van der Waals surface area contributed by atoms with Crippen LogP contribution < -0.4 is 0 Å². The fraction of sp³-hybridized carbons (Fsp3) is 0.476. The summed E-state index contributed by atoms with van der Waals surface area (Å²) in [5, 5.41) is 4.27. The molecule has 144 valence electrons. The van der Waals surface area contributed by atoms with Gasteiger partial charge in [-0.25, -0.2) is 0 Å². The van der Waals surface area contributed by atoms with E-state index in [4.69, 9.17) is 0 Å². The maximum Gasteiger partial charge on any atom is 0.272 e. The van der Waals surface area contributed by atoms with Gasteiger partial charge in [0.05, 0.1) is 5.69 Å². The van der Waals surface area contributed by atoms with Gasteiger partial charge in [0.15, 0.2) is 0 Å². The van der Waals surface area contributed by atoms with Gasteiger partial charge in [0.2, 0.25) is 0 Å². The lowest BCUT2D eigenvalue weighted by molar-refractivity contribution is 0.0679. The Kier molecular flexibility index (Phi) is 5.63. The van der Waals surface area contributed by atoms with Gasteiger partial charge in [-0.2, -0.15) is 5.10 Å². The fourth-order valence-corrected chi connectivity index (χ4v) is 3.69. The van der Waals surface area contributed by atoms with Gasteiger partial charge in [-0.05, 0) is 55.9 Å². The lowest BCUT2D eigenvalue weighted by Gasteiger charge is -2.32. The summed E-state index contributed by atoms with van der Waals surface area (Å²) in [4.78, 5) is 28.2. The van der Waals surface area contributed by atoms with Crippen molar-refractivity contribution in [3.63, 3.8) is 0 Å². The molecule has 2 amide bonds. The molecule has 1 saturated heterocycles. The highest BCUT2D eigenvalue weighted by atomic mass is 16.2. The van der Waals surface area contributed by atoms with Gasteiger partial charge in [0.25, 0.3) is 11.8 Å². The first kappa shape index (κ1) is 19.1. The molecule has 6 heteroatoms. The average Bonchev–Trinajstić information content (AvgIpc) is 3.00. The van der Waals surface area contributed by atoms with Crippen LogP contribution in [0.5, 0.6) is 0 Å². The van der Waals surface area contributed by atoms with E-state index in [1.807, 2.05) is 49.2 Å². The smallest absolute Gasteiger partial charge is 0.272 e. The van der Waals surface area contributed by atoms with Crippen molar-refractivity contribution in [3.8, 4) is 0 Å². The van der Waals surface area contributed by atoms with E-state index in [0.717, 1.165) is 43.6 Å². The number of aryl methyl sites for hydroxylation is 2. The Morgan fingerprint density at radius 3 is 2.30 bits per heavy atom. The van der Waals surface area contributed by atoms with Crippen LogP contribution in [0.2, 0.25) is 0 Å². The van der Waals surface area contributed by atoms with E-state index in [0.29, 0.717) is 11.6 Å². The summed E-state index contributed by atoms with van der Waals surface area (Å²) >= 11 is 0. The minimum atomic E-state index is 0.0266. The molecule has 0 aliphatic carbocycles. The lowest BCUT2D eigenvalue weighted by Crippen LogP contribution is -2.39. The second-order valence-corrected chi connectivity index (χ2v) is 7.63. The number of benzene rings is 1. The molecule has 0 unspecified atom stereocenters. The minimum absolute atomic E-state index is 0.0266. The standard InChI is InChI=1S/C21H28N4O2/c1-15-13-19(24(4)22-15)21(27)25-11-9-17(10-12-25)14-16-5-7-18(8-6-16)20(26)23(2)3/h5-8,13,17H,9-12,14H2,1-4H3. The number of carbonyl (C=O) groups is 2. The summed E-state index contributed by atoms with van der Waals surface area (Å²) < 4.78 is 1.67. The molecule has 1 fully saturated rings. The van der Waals surface area contributed by atoms with Crippen LogP contribution in [0.15, 0.2) is 30.3 Å². The van der Waals surface area contributed by atoms with Crippen molar-refractivity contribution >= 4 is 11.8 Å². The highest BCUT2D eigenvalue weighted by molar-refractivity contribution is 5.94. The Labute approximate surface area is 160 Å². The minimum Gasteiger partial charge on any atom is -0.345 e. The Morgan fingerprint density at radius 2 is 1.78 bits per heavy atom. The van der Waals surface area contributed by atoms with E-state index in [-0.39, 0.29) is 11.8 Å². The van der Waals surface area contributed by atoms with Crippen molar-refractivity contribution in [1.29, 1.82) is 0 Å². The zero-order chi connectivity index (χ0) is 19.6. The Bertz CT molecular complexity index is 815. The van der Waals surface area contributed by atoms with Gasteiger partial charge in [-0.1, -0.05) is 12.1 Å². The second-order valence-electron chi connectivity index (χ2n) is 7.63.